The molecule has 0 atom stereocenters. The number of aryl methyl sites for hydroxylation is 2. The Morgan fingerprint density at radius 3 is 2.48 bits per heavy atom. The second-order valence-corrected chi connectivity index (χ2v) is 6.07. The number of hydrogen-bond acceptors (Lipinski definition) is 5. The number of nitrogens with one attached hydrogen (secondary N) is 2. The number of fused-ring (bicyclic) bond motifs is 1. The summed E-state index contributed by atoms with van der Waals surface area (Å²) in [5, 5.41) is 5.06. The summed E-state index contributed by atoms with van der Waals surface area (Å²) in [6.07, 6.45) is 3.05. The highest BCUT2D eigenvalue weighted by molar-refractivity contribution is 6.06. The molecule has 8 heteroatoms. The maximum Gasteiger partial charge on any atom is 0.290 e. The van der Waals surface area contributed by atoms with Gasteiger partial charge in [0.05, 0.1) is 17.2 Å². The molecule has 2 aromatic heterocycles. The lowest BCUT2D eigenvalue weighted by molar-refractivity contribution is 0.0842. The van der Waals surface area contributed by atoms with Crippen molar-refractivity contribution in [1.29, 1.82) is 0 Å². The normalized spacial score (nSPS) is 10.7. The van der Waals surface area contributed by atoms with Crippen LogP contribution in [0.3, 0.4) is 0 Å². The van der Waals surface area contributed by atoms with Gasteiger partial charge in [0.25, 0.3) is 17.4 Å². The zero-order valence-electron chi connectivity index (χ0n) is 15.1. The van der Waals surface area contributed by atoms with Crippen LogP contribution in [-0.4, -0.2) is 21.6 Å². The van der Waals surface area contributed by atoms with Gasteiger partial charge >= 0.3 is 0 Å². The molecule has 0 fully saturated rings. The van der Waals surface area contributed by atoms with E-state index in [0.29, 0.717) is 28.6 Å². The number of hydrazine groups is 1. The first-order chi connectivity index (χ1) is 13.0. The molecule has 140 valence electrons. The first-order valence-corrected chi connectivity index (χ1v) is 8.67. The van der Waals surface area contributed by atoms with Crippen LogP contribution in [0.1, 0.15) is 46.4 Å². The van der Waals surface area contributed by atoms with Gasteiger partial charge in [-0.3, -0.25) is 25.2 Å². The number of amides is 2. The summed E-state index contributed by atoms with van der Waals surface area (Å²) < 4.78 is 6.37. The highest BCUT2D eigenvalue weighted by atomic mass is 16.3. The van der Waals surface area contributed by atoms with E-state index in [1.807, 2.05) is 6.92 Å². The number of carbonyl (C=O) groups is 2. The van der Waals surface area contributed by atoms with Gasteiger partial charge in [-0.1, -0.05) is 31.5 Å². The number of benzene rings is 1. The third-order valence-electron chi connectivity index (χ3n) is 4.20. The Bertz CT molecular complexity index is 1050. The Kier molecular flexibility index (Phi) is 5.35. The summed E-state index contributed by atoms with van der Waals surface area (Å²) in [6, 6.07) is 8.29. The molecule has 0 saturated carbocycles. The van der Waals surface area contributed by atoms with E-state index >= 15 is 0 Å². The summed E-state index contributed by atoms with van der Waals surface area (Å²) in [5.41, 5.74) is 4.84. The van der Waals surface area contributed by atoms with Crippen molar-refractivity contribution >= 4 is 22.6 Å². The summed E-state index contributed by atoms with van der Waals surface area (Å²) in [6.45, 7) is 4.07. The monoisotopic (exact) mass is 368 g/mol. The van der Waals surface area contributed by atoms with Gasteiger partial charge in [0.15, 0.2) is 5.69 Å². The molecule has 1 aromatic carbocycles. The zero-order chi connectivity index (χ0) is 19.4. The number of carbonyl (C=O) groups excluding carboxylic acids is 2. The second-order valence-electron chi connectivity index (χ2n) is 6.07. The van der Waals surface area contributed by atoms with Crippen molar-refractivity contribution in [2.75, 3.05) is 0 Å². The van der Waals surface area contributed by atoms with Gasteiger partial charge < -0.3 is 4.42 Å². The van der Waals surface area contributed by atoms with Crippen molar-refractivity contribution < 1.29 is 14.0 Å². The summed E-state index contributed by atoms with van der Waals surface area (Å²) in [7, 11) is 0. The van der Waals surface area contributed by atoms with Crippen molar-refractivity contribution in [3.63, 3.8) is 0 Å². The van der Waals surface area contributed by atoms with Crippen LogP contribution in [0.5, 0.6) is 0 Å². The molecule has 8 nitrogen and oxygen atoms in total. The smallest absolute Gasteiger partial charge is 0.290 e. The fourth-order valence-corrected chi connectivity index (χ4v) is 2.72. The van der Waals surface area contributed by atoms with E-state index in [-0.39, 0.29) is 11.3 Å². The molecule has 0 unspecified atom stereocenters. The molecule has 0 aliphatic heterocycles. The van der Waals surface area contributed by atoms with Crippen LogP contribution in [-0.2, 0) is 6.54 Å². The Morgan fingerprint density at radius 1 is 1.11 bits per heavy atom. The van der Waals surface area contributed by atoms with Crippen LogP contribution in [0, 0.1) is 6.92 Å². The number of nitrogens with zero attached hydrogens (tertiary/aromatic N) is 2. The van der Waals surface area contributed by atoms with Gasteiger partial charge in [-0.25, -0.2) is 4.68 Å². The maximum absolute atomic E-state index is 12.6. The van der Waals surface area contributed by atoms with E-state index in [2.05, 4.69) is 16.0 Å². The molecule has 0 aliphatic rings. The van der Waals surface area contributed by atoms with E-state index in [4.69, 9.17) is 4.42 Å². The first kappa shape index (κ1) is 18.4. The average molecular weight is 368 g/mol. The fourth-order valence-electron chi connectivity index (χ4n) is 2.72. The average Bonchev–Trinajstić information content (AvgIpc) is 3.11. The highest BCUT2D eigenvalue weighted by Gasteiger charge is 2.18. The molecule has 2 N–H and O–H groups in total. The first-order valence-electron chi connectivity index (χ1n) is 8.67. The molecular weight excluding hydrogens is 348 g/mol. The predicted molar refractivity (Wildman–Crippen MR) is 99.3 cm³/mol. The standard InChI is InChI=1S/C19H20N4O4/c1-3-4-10-23-19(26)15-8-6-5-7-14(15)16(22-23)18(25)21-20-17(24)13-9-11-27-12(13)2/h5-9,11H,3-4,10H2,1-2H3,(H,20,24)(H,21,25). The summed E-state index contributed by atoms with van der Waals surface area (Å²) in [5.74, 6) is -0.664. The Hall–Kier alpha value is -3.42. The molecule has 3 aromatic rings. The number of hydrogen-bond donors (Lipinski definition) is 2. The lowest BCUT2D eigenvalue weighted by atomic mass is 10.1. The van der Waals surface area contributed by atoms with E-state index in [1.54, 1.807) is 31.2 Å². The van der Waals surface area contributed by atoms with Crippen molar-refractivity contribution in [2.24, 2.45) is 0 Å². The van der Waals surface area contributed by atoms with Gasteiger partial charge in [0.2, 0.25) is 0 Å². The second kappa shape index (κ2) is 7.86. The Morgan fingerprint density at radius 2 is 1.81 bits per heavy atom. The van der Waals surface area contributed by atoms with Crippen molar-refractivity contribution in [3.05, 3.63) is 64.0 Å². The molecule has 0 radical (unpaired) electrons. The van der Waals surface area contributed by atoms with Gasteiger partial charge in [-0.2, -0.15) is 5.10 Å². The van der Waals surface area contributed by atoms with Crippen LogP contribution in [0.15, 0.2) is 45.8 Å². The number of furan rings is 1. The molecule has 2 heterocycles. The number of unbranched alkanes of at least 4 members (excludes halogenated alkanes) is 1. The third-order valence-corrected chi connectivity index (χ3v) is 4.20. The topological polar surface area (TPSA) is 106 Å². The molecule has 0 aliphatic carbocycles. The van der Waals surface area contributed by atoms with Gasteiger partial charge in [-0.05, 0) is 25.5 Å². The number of rotatable bonds is 5. The lowest BCUT2D eigenvalue weighted by Gasteiger charge is -2.11. The van der Waals surface area contributed by atoms with E-state index in [0.717, 1.165) is 12.8 Å². The molecule has 0 bridgehead atoms. The molecular formula is C19H20N4O4. The molecule has 0 saturated heterocycles. The van der Waals surface area contributed by atoms with Crippen LogP contribution < -0.4 is 16.4 Å². The number of aromatic nitrogens is 2. The summed E-state index contributed by atoms with van der Waals surface area (Å²) >= 11 is 0. The molecule has 0 spiro atoms. The SMILES string of the molecule is CCCCn1nc(C(=O)NNC(=O)c2ccoc2C)c2ccccc2c1=O. The Labute approximate surface area is 155 Å². The lowest BCUT2D eigenvalue weighted by Crippen LogP contribution is -2.43. The highest BCUT2D eigenvalue weighted by Crippen LogP contribution is 2.13. The van der Waals surface area contributed by atoms with Crippen LogP contribution >= 0.6 is 0 Å². The maximum atomic E-state index is 12.6. The van der Waals surface area contributed by atoms with Crippen LogP contribution in [0.25, 0.3) is 10.8 Å². The Balaban J connectivity index is 1.89. The van der Waals surface area contributed by atoms with Gasteiger partial charge in [-0.15, -0.1) is 0 Å². The van der Waals surface area contributed by atoms with E-state index < -0.39 is 11.8 Å². The largest absolute Gasteiger partial charge is 0.469 e. The minimum Gasteiger partial charge on any atom is -0.469 e. The zero-order valence-corrected chi connectivity index (χ0v) is 15.1. The fraction of sp³-hybridized carbons (Fsp3) is 0.263. The minimum atomic E-state index is -0.606. The van der Waals surface area contributed by atoms with Crippen molar-refractivity contribution in [2.45, 2.75) is 33.2 Å². The molecule has 27 heavy (non-hydrogen) atoms. The van der Waals surface area contributed by atoms with Crippen LogP contribution in [0.2, 0.25) is 0 Å². The third kappa shape index (κ3) is 3.74. The van der Waals surface area contributed by atoms with E-state index in [1.165, 1.54) is 17.0 Å². The predicted octanol–water partition coefficient (Wildman–Crippen LogP) is 2.17. The summed E-state index contributed by atoms with van der Waals surface area (Å²) in [4.78, 5) is 37.3. The van der Waals surface area contributed by atoms with E-state index in [9.17, 15) is 14.4 Å². The van der Waals surface area contributed by atoms with Crippen molar-refractivity contribution in [3.8, 4) is 0 Å². The molecule has 2 amide bonds. The van der Waals surface area contributed by atoms with Gasteiger partial charge in [0.1, 0.15) is 5.76 Å². The van der Waals surface area contributed by atoms with Crippen LogP contribution in [0.4, 0.5) is 0 Å². The minimum absolute atomic E-state index is 0.0746. The molecule has 3 rings (SSSR count). The van der Waals surface area contributed by atoms with Crippen molar-refractivity contribution in [1.82, 2.24) is 20.6 Å². The quantitative estimate of drug-likeness (QED) is 0.671. The van der Waals surface area contributed by atoms with Gasteiger partial charge in [0, 0.05) is 11.9 Å².